The third-order valence-corrected chi connectivity index (χ3v) is 5.17. The SMILES string of the molecule is CCCCCCCCCCCCNC(=O)CCCCCNCCCCCN. The Morgan fingerprint density at radius 1 is 0.630 bits per heavy atom. The highest BCUT2D eigenvalue weighted by molar-refractivity contribution is 5.75. The minimum atomic E-state index is 0.237. The van der Waals surface area contributed by atoms with Crippen molar-refractivity contribution in [3.05, 3.63) is 0 Å². The quantitative estimate of drug-likeness (QED) is 0.222. The van der Waals surface area contributed by atoms with Gasteiger partial charge in [0.25, 0.3) is 0 Å². The lowest BCUT2D eigenvalue weighted by Crippen LogP contribution is -2.24. The standard InChI is InChI=1S/C23H49N3O/c1-2-3-4-5-6-7-8-9-10-17-22-26-23(27)18-13-11-15-20-25-21-16-12-14-19-24/h25H,2-22,24H2,1H3,(H,26,27). The maximum Gasteiger partial charge on any atom is 0.219 e. The molecule has 0 radical (unpaired) electrons. The van der Waals surface area contributed by atoms with Gasteiger partial charge in [0, 0.05) is 13.0 Å². The first-order valence-electron chi connectivity index (χ1n) is 12.0. The smallest absolute Gasteiger partial charge is 0.219 e. The maximum atomic E-state index is 11.8. The highest BCUT2D eigenvalue weighted by Gasteiger charge is 2.00. The third kappa shape index (κ3) is 23.4. The van der Waals surface area contributed by atoms with E-state index in [0.29, 0.717) is 6.42 Å². The first-order valence-corrected chi connectivity index (χ1v) is 12.0. The van der Waals surface area contributed by atoms with Crippen LogP contribution in [0.2, 0.25) is 0 Å². The van der Waals surface area contributed by atoms with Crippen LogP contribution in [-0.2, 0) is 4.79 Å². The van der Waals surface area contributed by atoms with E-state index in [4.69, 9.17) is 5.73 Å². The number of unbranched alkanes of at least 4 members (excludes halogenated alkanes) is 13. The first-order chi connectivity index (χ1) is 13.3. The summed E-state index contributed by atoms with van der Waals surface area (Å²) in [6, 6.07) is 0. The number of rotatable bonds is 22. The zero-order chi connectivity index (χ0) is 19.8. The molecule has 1 amide bonds. The van der Waals surface area contributed by atoms with Crippen molar-refractivity contribution in [3.63, 3.8) is 0 Å². The normalized spacial score (nSPS) is 11.0. The van der Waals surface area contributed by atoms with Crippen molar-refractivity contribution in [2.75, 3.05) is 26.2 Å². The number of nitrogens with one attached hydrogen (secondary N) is 2. The molecule has 4 nitrogen and oxygen atoms in total. The molecule has 0 atom stereocenters. The molecule has 4 heteroatoms. The van der Waals surface area contributed by atoms with Crippen LogP contribution in [0.25, 0.3) is 0 Å². The lowest BCUT2D eigenvalue weighted by Gasteiger charge is -2.06. The molecule has 0 unspecified atom stereocenters. The van der Waals surface area contributed by atoms with Crippen LogP contribution in [0, 0.1) is 0 Å². The summed E-state index contributed by atoms with van der Waals surface area (Å²) in [6.07, 6.45) is 21.0. The van der Waals surface area contributed by atoms with Crippen LogP contribution in [0.5, 0.6) is 0 Å². The van der Waals surface area contributed by atoms with Gasteiger partial charge < -0.3 is 16.4 Å². The molecular weight excluding hydrogens is 334 g/mol. The van der Waals surface area contributed by atoms with Crippen molar-refractivity contribution in [3.8, 4) is 0 Å². The number of hydrogen-bond acceptors (Lipinski definition) is 3. The van der Waals surface area contributed by atoms with Crippen molar-refractivity contribution in [1.82, 2.24) is 10.6 Å². The molecule has 4 N–H and O–H groups in total. The number of nitrogens with two attached hydrogens (primary N) is 1. The van der Waals surface area contributed by atoms with E-state index in [9.17, 15) is 4.79 Å². The van der Waals surface area contributed by atoms with E-state index in [0.717, 1.165) is 51.9 Å². The van der Waals surface area contributed by atoms with E-state index in [2.05, 4.69) is 17.6 Å². The van der Waals surface area contributed by atoms with Crippen LogP contribution in [0.3, 0.4) is 0 Å². The fourth-order valence-corrected chi connectivity index (χ4v) is 3.34. The summed E-state index contributed by atoms with van der Waals surface area (Å²) in [4.78, 5) is 11.8. The van der Waals surface area contributed by atoms with Gasteiger partial charge in [0.2, 0.25) is 5.91 Å². The molecule has 162 valence electrons. The van der Waals surface area contributed by atoms with E-state index >= 15 is 0 Å². The summed E-state index contributed by atoms with van der Waals surface area (Å²) >= 11 is 0. The second-order valence-corrected chi connectivity index (χ2v) is 7.94. The molecule has 0 aliphatic carbocycles. The first kappa shape index (κ1) is 26.4. The zero-order valence-corrected chi connectivity index (χ0v) is 18.3. The van der Waals surface area contributed by atoms with E-state index in [1.807, 2.05) is 0 Å². The Bertz CT molecular complexity index is 297. The van der Waals surface area contributed by atoms with E-state index in [1.165, 1.54) is 77.0 Å². The highest BCUT2D eigenvalue weighted by Crippen LogP contribution is 2.10. The van der Waals surface area contributed by atoms with Crippen molar-refractivity contribution < 1.29 is 4.79 Å². The number of hydrogen-bond donors (Lipinski definition) is 3. The molecule has 0 saturated heterocycles. The van der Waals surface area contributed by atoms with Gasteiger partial charge in [0.1, 0.15) is 0 Å². The van der Waals surface area contributed by atoms with Gasteiger partial charge in [-0.2, -0.15) is 0 Å². The van der Waals surface area contributed by atoms with Gasteiger partial charge in [-0.15, -0.1) is 0 Å². The Morgan fingerprint density at radius 3 is 1.70 bits per heavy atom. The largest absolute Gasteiger partial charge is 0.356 e. The predicted molar refractivity (Wildman–Crippen MR) is 119 cm³/mol. The molecule has 0 aliphatic rings. The predicted octanol–water partition coefficient (Wildman–Crippen LogP) is 5.30. The summed E-state index contributed by atoms with van der Waals surface area (Å²) < 4.78 is 0. The average Bonchev–Trinajstić information content (AvgIpc) is 2.67. The Hall–Kier alpha value is -0.610. The maximum absolute atomic E-state index is 11.8. The fourth-order valence-electron chi connectivity index (χ4n) is 3.34. The Morgan fingerprint density at radius 2 is 1.11 bits per heavy atom. The third-order valence-electron chi connectivity index (χ3n) is 5.17. The number of carbonyl (C=O) groups is 1. The lowest BCUT2D eigenvalue weighted by molar-refractivity contribution is -0.121. The van der Waals surface area contributed by atoms with Gasteiger partial charge in [0.15, 0.2) is 0 Å². The monoisotopic (exact) mass is 383 g/mol. The molecule has 0 aromatic rings. The molecule has 0 aromatic heterocycles. The van der Waals surface area contributed by atoms with Crippen LogP contribution < -0.4 is 16.4 Å². The average molecular weight is 384 g/mol. The van der Waals surface area contributed by atoms with Crippen molar-refractivity contribution in [2.45, 2.75) is 116 Å². The van der Waals surface area contributed by atoms with Gasteiger partial charge in [0.05, 0.1) is 0 Å². The lowest BCUT2D eigenvalue weighted by atomic mass is 10.1. The van der Waals surface area contributed by atoms with E-state index in [-0.39, 0.29) is 5.91 Å². The fraction of sp³-hybridized carbons (Fsp3) is 0.957. The molecule has 0 spiro atoms. The van der Waals surface area contributed by atoms with Gasteiger partial charge in [-0.1, -0.05) is 77.6 Å². The van der Waals surface area contributed by atoms with Crippen molar-refractivity contribution >= 4 is 5.91 Å². The van der Waals surface area contributed by atoms with Crippen molar-refractivity contribution in [2.24, 2.45) is 5.73 Å². The van der Waals surface area contributed by atoms with E-state index in [1.54, 1.807) is 0 Å². The van der Waals surface area contributed by atoms with Crippen LogP contribution >= 0.6 is 0 Å². The molecule has 0 heterocycles. The van der Waals surface area contributed by atoms with Gasteiger partial charge >= 0.3 is 0 Å². The summed E-state index contributed by atoms with van der Waals surface area (Å²) in [5.74, 6) is 0.237. The van der Waals surface area contributed by atoms with Crippen LogP contribution in [0.4, 0.5) is 0 Å². The second kappa shape index (κ2) is 23.4. The Labute approximate surface area is 169 Å². The topological polar surface area (TPSA) is 67.2 Å². The molecule has 0 fully saturated rings. The van der Waals surface area contributed by atoms with Crippen LogP contribution in [0.1, 0.15) is 116 Å². The summed E-state index contributed by atoms with van der Waals surface area (Å²) in [7, 11) is 0. The Kier molecular flexibility index (Phi) is 22.9. The minimum Gasteiger partial charge on any atom is -0.356 e. The molecular formula is C23H49N3O. The molecule has 0 rings (SSSR count). The summed E-state index contributed by atoms with van der Waals surface area (Å²) in [5.41, 5.74) is 5.48. The minimum absolute atomic E-state index is 0.237. The van der Waals surface area contributed by atoms with Crippen molar-refractivity contribution in [1.29, 1.82) is 0 Å². The molecule has 0 bridgehead atoms. The number of carbonyl (C=O) groups excluding carboxylic acids is 1. The van der Waals surface area contributed by atoms with Crippen LogP contribution in [0.15, 0.2) is 0 Å². The van der Waals surface area contributed by atoms with Gasteiger partial charge in [-0.3, -0.25) is 4.79 Å². The number of amides is 1. The molecule has 27 heavy (non-hydrogen) atoms. The summed E-state index contributed by atoms with van der Waals surface area (Å²) in [6.45, 7) is 6.10. The second-order valence-electron chi connectivity index (χ2n) is 7.94. The van der Waals surface area contributed by atoms with Crippen LogP contribution in [-0.4, -0.2) is 32.1 Å². The molecule has 0 aliphatic heterocycles. The van der Waals surface area contributed by atoms with E-state index < -0.39 is 0 Å². The Balaban J connectivity index is 3.13. The van der Waals surface area contributed by atoms with Gasteiger partial charge in [-0.25, -0.2) is 0 Å². The highest BCUT2D eigenvalue weighted by atomic mass is 16.1. The molecule has 0 saturated carbocycles. The molecule has 0 aromatic carbocycles. The summed E-state index contributed by atoms with van der Waals surface area (Å²) in [5, 5.41) is 6.54. The zero-order valence-electron chi connectivity index (χ0n) is 18.3. The van der Waals surface area contributed by atoms with Gasteiger partial charge in [-0.05, 0) is 51.7 Å².